The molecular formula is C19H14N2O3. The zero-order chi connectivity index (χ0) is 16.7. The van der Waals surface area contributed by atoms with Crippen LogP contribution in [0.2, 0.25) is 0 Å². The van der Waals surface area contributed by atoms with Gasteiger partial charge in [-0.3, -0.25) is 0 Å². The summed E-state index contributed by atoms with van der Waals surface area (Å²) in [6, 6.07) is 15.1. The molecule has 2 aromatic carbocycles. The SMILES string of the molecule is Cc1ccc2oc(=O)c(-c3nc(-c4ccccc4C)no3)cc2c1. The largest absolute Gasteiger partial charge is 0.422 e. The van der Waals surface area contributed by atoms with Crippen molar-refractivity contribution in [3.05, 3.63) is 70.1 Å². The van der Waals surface area contributed by atoms with E-state index in [0.29, 0.717) is 11.4 Å². The number of hydrogen-bond acceptors (Lipinski definition) is 5. The number of rotatable bonds is 2. The molecule has 4 rings (SSSR count). The molecule has 0 saturated heterocycles. The van der Waals surface area contributed by atoms with Crippen LogP contribution in [0.15, 0.2) is 62.3 Å². The molecule has 0 atom stereocenters. The number of hydrogen-bond donors (Lipinski definition) is 0. The Morgan fingerprint density at radius 3 is 2.62 bits per heavy atom. The molecule has 0 unspecified atom stereocenters. The highest BCUT2D eigenvalue weighted by Gasteiger charge is 2.16. The Balaban J connectivity index is 1.85. The van der Waals surface area contributed by atoms with Gasteiger partial charge < -0.3 is 8.94 Å². The number of aromatic nitrogens is 2. The lowest BCUT2D eigenvalue weighted by Gasteiger charge is -2.00. The van der Waals surface area contributed by atoms with Crippen LogP contribution >= 0.6 is 0 Å². The van der Waals surface area contributed by atoms with Crippen LogP contribution < -0.4 is 5.63 Å². The van der Waals surface area contributed by atoms with Gasteiger partial charge >= 0.3 is 5.63 Å². The van der Waals surface area contributed by atoms with Gasteiger partial charge in [-0.2, -0.15) is 4.98 Å². The molecule has 0 fully saturated rings. The first-order valence-electron chi connectivity index (χ1n) is 7.56. The van der Waals surface area contributed by atoms with Crippen molar-refractivity contribution in [3.8, 4) is 22.8 Å². The van der Waals surface area contributed by atoms with Crippen molar-refractivity contribution in [1.82, 2.24) is 10.1 Å². The first-order chi connectivity index (χ1) is 11.6. The van der Waals surface area contributed by atoms with Crippen molar-refractivity contribution in [3.63, 3.8) is 0 Å². The summed E-state index contributed by atoms with van der Waals surface area (Å²) in [7, 11) is 0. The van der Waals surface area contributed by atoms with Gasteiger partial charge in [0, 0.05) is 10.9 Å². The van der Waals surface area contributed by atoms with Gasteiger partial charge in [0.1, 0.15) is 11.1 Å². The van der Waals surface area contributed by atoms with E-state index in [2.05, 4.69) is 10.1 Å². The Morgan fingerprint density at radius 2 is 1.79 bits per heavy atom. The highest BCUT2D eigenvalue weighted by Crippen LogP contribution is 2.25. The quantitative estimate of drug-likeness (QED) is 0.520. The summed E-state index contributed by atoms with van der Waals surface area (Å²) in [6.07, 6.45) is 0. The summed E-state index contributed by atoms with van der Waals surface area (Å²) in [4.78, 5) is 16.6. The molecule has 0 saturated carbocycles. The lowest BCUT2D eigenvalue weighted by molar-refractivity contribution is 0.429. The average Bonchev–Trinajstić information content (AvgIpc) is 3.04. The molecule has 0 spiro atoms. The molecule has 118 valence electrons. The summed E-state index contributed by atoms with van der Waals surface area (Å²) in [5.41, 5.74) is 3.28. The zero-order valence-electron chi connectivity index (χ0n) is 13.2. The molecule has 0 aliphatic heterocycles. The molecule has 0 N–H and O–H groups in total. The lowest BCUT2D eigenvalue weighted by Crippen LogP contribution is -2.03. The van der Waals surface area contributed by atoms with E-state index in [1.807, 2.05) is 50.2 Å². The molecule has 4 aromatic rings. The average molecular weight is 318 g/mol. The predicted molar refractivity (Wildman–Crippen MR) is 90.7 cm³/mol. The van der Waals surface area contributed by atoms with Gasteiger partial charge in [0.2, 0.25) is 5.82 Å². The van der Waals surface area contributed by atoms with Gasteiger partial charge in [-0.15, -0.1) is 0 Å². The van der Waals surface area contributed by atoms with Crippen LogP contribution in [0.3, 0.4) is 0 Å². The summed E-state index contributed by atoms with van der Waals surface area (Å²) < 4.78 is 10.7. The van der Waals surface area contributed by atoms with Gasteiger partial charge in [0.05, 0.1) is 0 Å². The molecule has 0 radical (unpaired) electrons. The monoisotopic (exact) mass is 318 g/mol. The standard InChI is InChI=1S/C19H14N2O3/c1-11-7-8-16-13(9-11)10-15(19(22)23-16)18-20-17(21-24-18)14-6-4-3-5-12(14)2/h3-10H,1-2H3. The van der Waals surface area contributed by atoms with E-state index in [9.17, 15) is 4.79 Å². The first-order valence-corrected chi connectivity index (χ1v) is 7.56. The summed E-state index contributed by atoms with van der Waals surface area (Å²) in [5, 5.41) is 4.82. The highest BCUT2D eigenvalue weighted by molar-refractivity contribution is 5.81. The fourth-order valence-corrected chi connectivity index (χ4v) is 2.66. The molecule has 2 aromatic heterocycles. The second-order valence-corrected chi connectivity index (χ2v) is 5.73. The Morgan fingerprint density at radius 1 is 0.958 bits per heavy atom. The Kier molecular flexibility index (Phi) is 3.27. The van der Waals surface area contributed by atoms with Crippen LogP contribution in [0.25, 0.3) is 33.8 Å². The van der Waals surface area contributed by atoms with Gasteiger partial charge in [0.15, 0.2) is 0 Å². The third-order valence-electron chi connectivity index (χ3n) is 3.93. The smallest absolute Gasteiger partial charge is 0.349 e. The molecule has 0 amide bonds. The molecule has 2 heterocycles. The van der Waals surface area contributed by atoms with Gasteiger partial charge in [-0.25, -0.2) is 4.79 Å². The maximum Gasteiger partial charge on any atom is 0.349 e. The van der Waals surface area contributed by atoms with E-state index in [-0.39, 0.29) is 11.5 Å². The Hall–Kier alpha value is -3.21. The fraction of sp³-hybridized carbons (Fsp3) is 0.105. The molecule has 5 heteroatoms. The van der Waals surface area contributed by atoms with Crippen LogP contribution in [0.1, 0.15) is 11.1 Å². The minimum absolute atomic E-state index is 0.158. The molecular weight excluding hydrogens is 304 g/mol. The van der Waals surface area contributed by atoms with E-state index in [1.54, 1.807) is 12.1 Å². The fourth-order valence-electron chi connectivity index (χ4n) is 2.66. The van der Waals surface area contributed by atoms with E-state index < -0.39 is 5.63 Å². The topological polar surface area (TPSA) is 69.1 Å². The van der Waals surface area contributed by atoms with Crippen molar-refractivity contribution >= 4 is 11.0 Å². The zero-order valence-corrected chi connectivity index (χ0v) is 13.2. The van der Waals surface area contributed by atoms with Gasteiger partial charge in [-0.1, -0.05) is 41.1 Å². The number of benzene rings is 2. The predicted octanol–water partition coefficient (Wildman–Crippen LogP) is 4.13. The highest BCUT2D eigenvalue weighted by atomic mass is 16.5. The van der Waals surface area contributed by atoms with Crippen LogP contribution in [0.4, 0.5) is 0 Å². The lowest BCUT2D eigenvalue weighted by atomic mass is 10.1. The van der Waals surface area contributed by atoms with E-state index in [1.165, 1.54) is 0 Å². The second kappa shape index (κ2) is 5.45. The molecule has 24 heavy (non-hydrogen) atoms. The minimum Gasteiger partial charge on any atom is -0.422 e. The maximum absolute atomic E-state index is 12.2. The van der Waals surface area contributed by atoms with Crippen molar-refractivity contribution in [1.29, 1.82) is 0 Å². The Labute approximate surface area is 137 Å². The molecule has 0 aliphatic rings. The summed E-state index contributed by atoms with van der Waals surface area (Å²) >= 11 is 0. The van der Waals surface area contributed by atoms with E-state index >= 15 is 0 Å². The van der Waals surface area contributed by atoms with Crippen molar-refractivity contribution in [2.75, 3.05) is 0 Å². The van der Waals surface area contributed by atoms with Crippen molar-refractivity contribution in [2.45, 2.75) is 13.8 Å². The number of fused-ring (bicyclic) bond motifs is 1. The third kappa shape index (κ3) is 2.40. The van der Waals surface area contributed by atoms with Crippen molar-refractivity contribution in [2.24, 2.45) is 0 Å². The first kappa shape index (κ1) is 14.4. The maximum atomic E-state index is 12.2. The number of nitrogens with zero attached hydrogens (tertiary/aromatic N) is 2. The minimum atomic E-state index is -0.494. The summed E-state index contributed by atoms with van der Waals surface area (Å²) in [6.45, 7) is 3.95. The van der Waals surface area contributed by atoms with E-state index in [0.717, 1.165) is 22.1 Å². The third-order valence-corrected chi connectivity index (χ3v) is 3.93. The van der Waals surface area contributed by atoms with Crippen LogP contribution in [-0.4, -0.2) is 10.1 Å². The van der Waals surface area contributed by atoms with Gasteiger partial charge in [0.25, 0.3) is 5.89 Å². The van der Waals surface area contributed by atoms with Crippen molar-refractivity contribution < 1.29 is 8.94 Å². The van der Waals surface area contributed by atoms with E-state index in [4.69, 9.17) is 8.94 Å². The van der Waals surface area contributed by atoms with Crippen LogP contribution in [0, 0.1) is 13.8 Å². The number of aryl methyl sites for hydroxylation is 2. The van der Waals surface area contributed by atoms with Gasteiger partial charge in [-0.05, 0) is 37.6 Å². The molecule has 5 nitrogen and oxygen atoms in total. The summed E-state index contributed by atoms with van der Waals surface area (Å²) in [5.74, 6) is 0.609. The van der Waals surface area contributed by atoms with Crippen LogP contribution in [0.5, 0.6) is 0 Å². The second-order valence-electron chi connectivity index (χ2n) is 5.73. The molecule has 0 aliphatic carbocycles. The van der Waals surface area contributed by atoms with Crippen LogP contribution in [-0.2, 0) is 0 Å². The molecule has 0 bridgehead atoms. The Bertz CT molecular complexity index is 1110. The normalized spacial score (nSPS) is 11.1.